The topological polar surface area (TPSA) is 83.5 Å². The van der Waals surface area contributed by atoms with Crippen LogP contribution in [0, 0.1) is 0 Å². The van der Waals surface area contributed by atoms with Gasteiger partial charge in [-0.15, -0.1) is 0 Å². The average molecular weight is 285 g/mol. The van der Waals surface area contributed by atoms with Gasteiger partial charge in [-0.3, -0.25) is 4.21 Å². The fourth-order valence-corrected chi connectivity index (χ4v) is 4.16. The molecule has 0 fully saturated rings. The lowest BCUT2D eigenvalue weighted by atomic mass is 10.2. The van der Waals surface area contributed by atoms with Crippen LogP contribution in [0.5, 0.6) is 0 Å². The van der Waals surface area contributed by atoms with Gasteiger partial charge in [0.15, 0.2) is 0 Å². The van der Waals surface area contributed by atoms with E-state index in [1.165, 1.54) is 0 Å². The molecule has 0 saturated heterocycles. The smallest absolute Gasteiger partial charge is 0.148 e. The minimum absolute atomic E-state index is 0.000318. The molecule has 0 aliphatic heterocycles. The van der Waals surface area contributed by atoms with E-state index in [0.29, 0.717) is 12.2 Å². The molecule has 0 aliphatic carbocycles. The molecule has 0 aliphatic rings. The fourth-order valence-electron chi connectivity index (χ4n) is 1.30. The molecule has 17 heavy (non-hydrogen) atoms. The largest absolute Gasteiger partial charge is 0.396 e. The Hall–Kier alpha value is 0.0200. The molecule has 2 atom stereocenters. The molecular weight excluding hydrogens is 262 g/mol. The highest BCUT2D eigenvalue weighted by Crippen LogP contribution is 1.97. The van der Waals surface area contributed by atoms with Crippen LogP contribution in [0.25, 0.3) is 0 Å². The summed E-state index contributed by atoms with van der Waals surface area (Å²) < 4.78 is 33.5. The van der Waals surface area contributed by atoms with Crippen LogP contribution in [-0.2, 0) is 20.6 Å². The summed E-state index contributed by atoms with van der Waals surface area (Å²) in [5.74, 6) is 0.532. The molecule has 0 aromatic heterocycles. The Balaban J connectivity index is 4.02. The summed E-state index contributed by atoms with van der Waals surface area (Å²) in [4.78, 5) is 0. The van der Waals surface area contributed by atoms with Gasteiger partial charge in [-0.05, 0) is 19.4 Å². The maximum absolute atomic E-state index is 11.7. The van der Waals surface area contributed by atoms with E-state index in [1.807, 2.05) is 6.92 Å². The van der Waals surface area contributed by atoms with Gasteiger partial charge in [0.1, 0.15) is 9.84 Å². The standard InChI is InChI=1S/C10H23NO4S2/c1-3-5-11-10(4-6-12)9-16(13)7-8-17(2,14)15/h10-12H,3-9H2,1-2H3. The van der Waals surface area contributed by atoms with Gasteiger partial charge < -0.3 is 10.4 Å². The highest BCUT2D eigenvalue weighted by atomic mass is 32.2. The van der Waals surface area contributed by atoms with Crippen molar-refractivity contribution in [1.29, 1.82) is 0 Å². The van der Waals surface area contributed by atoms with Crippen LogP contribution < -0.4 is 5.32 Å². The minimum atomic E-state index is -3.05. The summed E-state index contributed by atoms with van der Waals surface area (Å²) in [7, 11) is -4.20. The fraction of sp³-hybridized carbons (Fsp3) is 1.00. The average Bonchev–Trinajstić information content (AvgIpc) is 2.22. The molecular formula is C10H23NO4S2. The summed E-state index contributed by atoms with van der Waals surface area (Å²) >= 11 is 0. The second-order valence-corrected chi connectivity index (χ2v) is 7.98. The van der Waals surface area contributed by atoms with Crippen molar-refractivity contribution < 1.29 is 17.7 Å². The van der Waals surface area contributed by atoms with Crippen LogP contribution >= 0.6 is 0 Å². The summed E-state index contributed by atoms with van der Waals surface area (Å²) in [5, 5.41) is 12.1. The first kappa shape index (κ1) is 17.0. The van der Waals surface area contributed by atoms with Gasteiger partial charge in [0.25, 0.3) is 0 Å². The quantitative estimate of drug-likeness (QED) is 0.567. The molecule has 0 spiro atoms. The van der Waals surface area contributed by atoms with Crippen molar-refractivity contribution in [3.05, 3.63) is 0 Å². The van der Waals surface area contributed by atoms with Crippen molar-refractivity contribution in [2.24, 2.45) is 0 Å². The Bertz CT molecular complexity index is 316. The first-order valence-corrected chi connectivity index (χ1v) is 9.30. The molecule has 5 nitrogen and oxygen atoms in total. The zero-order valence-electron chi connectivity index (χ0n) is 10.5. The molecule has 104 valence electrons. The Morgan fingerprint density at radius 3 is 2.53 bits per heavy atom. The predicted molar refractivity (Wildman–Crippen MR) is 71.4 cm³/mol. The second-order valence-electron chi connectivity index (χ2n) is 4.10. The molecule has 0 heterocycles. The van der Waals surface area contributed by atoms with E-state index in [2.05, 4.69) is 5.32 Å². The molecule has 2 N–H and O–H groups in total. The van der Waals surface area contributed by atoms with E-state index in [4.69, 9.17) is 5.11 Å². The van der Waals surface area contributed by atoms with Gasteiger partial charge in [0, 0.05) is 41.2 Å². The molecule has 7 heteroatoms. The van der Waals surface area contributed by atoms with Crippen molar-refractivity contribution in [1.82, 2.24) is 5.32 Å². The zero-order chi connectivity index (χ0) is 13.3. The molecule has 0 aromatic rings. The lowest BCUT2D eigenvalue weighted by molar-refractivity contribution is 0.270. The number of hydrogen-bond acceptors (Lipinski definition) is 5. The van der Waals surface area contributed by atoms with E-state index in [1.54, 1.807) is 0 Å². The summed E-state index contributed by atoms with van der Waals surface area (Å²) in [6, 6.07) is 0.000318. The molecule has 0 bridgehead atoms. The van der Waals surface area contributed by atoms with Gasteiger partial charge in [-0.2, -0.15) is 0 Å². The van der Waals surface area contributed by atoms with E-state index >= 15 is 0 Å². The number of aliphatic hydroxyl groups excluding tert-OH is 1. The van der Waals surface area contributed by atoms with Crippen molar-refractivity contribution in [2.75, 3.05) is 36.7 Å². The third-order valence-corrected chi connectivity index (χ3v) is 4.87. The van der Waals surface area contributed by atoms with E-state index in [-0.39, 0.29) is 24.2 Å². The molecule has 2 unspecified atom stereocenters. The first-order valence-electron chi connectivity index (χ1n) is 5.76. The van der Waals surface area contributed by atoms with Crippen molar-refractivity contribution in [3.63, 3.8) is 0 Å². The van der Waals surface area contributed by atoms with Gasteiger partial charge >= 0.3 is 0 Å². The van der Waals surface area contributed by atoms with Crippen LogP contribution in [-0.4, -0.2) is 60.4 Å². The monoisotopic (exact) mass is 285 g/mol. The van der Waals surface area contributed by atoms with E-state index in [0.717, 1.165) is 19.2 Å². The van der Waals surface area contributed by atoms with Gasteiger partial charge in [-0.1, -0.05) is 6.92 Å². The Kier molecular flexibility index (Phi) is 9.03. The Morgan fingerprint density at radius 2 is 2.06 bits per heavy atom. The maximum atomic E-state index is 11.7. The number of aliphatic hydroxyl groups is 1. The molecule has 0 saturated carbocycles. The normalized spacial score (nSPS) is 15.7. The van der Waals surface area contributed by atoms with Crippen LogP contribution in [0.1, 0.15) is 19.8 Å². The van der Waals surface area contributed by atoms with Gasteiger partial charge in [-0.25, -0.2) is 8.42 Å². The van der Waals surface area contributed by atoms with Crippen LogP contribution in [0.15, 0.2) is 0 Å². The number of hydrogen-bond donors (Lipinski definition) is 2. The SMILES string of the molecule is CCCNC(CCO)CS(=O)CCS(C)(=O)=O. The maximum Gasteiger partial charge on any atom is 0.148 e. The number of rotatable bonds is 10. The lowest BCUT2D eigenvalue weighted by Gasteiger charge is -2.16. The zero-order valence-corrected chi connectivity index (χ0v) is 12.1. The van der Waals surface area contributed by atoms with Crippen molar-refractivity contribution >= 4 is 20.6 Å². The third-order valence-electron chi connectivity index (χ3n) is 2.23. The minimum Gasteiger partial charge on any atom is -0.396 e. The van der Waals surface area contributed by atoms with Crippen LogP contribution in [0.4, 0.5) is 0 Å². The van der Waals surface area contributed by atoms with E-state index < -0.39 is 20.6 Å². The highest BCUT2D eigenvalue weighted by molar-refractivity contribution is 7.92. The summed E-state index contributed by atoms with van der Waals surface area (Å²) in [6.07, 6.45) is 2.66. The van der Waals surface area contributed by atoms with Crippen molar-refractivity contribution in [2.45, 2.75) is 25.8 Å². The van der Waals surface area contributed by atoms with Gasteiger partial charge in [0.2, 0.25) is 0 Å². The van der Waals surface area contributed by atoms with E-state index in [9.17, 15) is 12.6 Å². The first-order chi connectivity index (χ1) is 7.89. The lowest BCUT2D eigenvalue weighted by Crippen LogP contribution is -2.36. The number of sulfone groups is 1. The summed E-state index contributed by atoms with van der Waals surface area (Å²) in [5.41, 5.74) is 0. The molecule has 0 amide bonds. The van der Waals surface area contributed by atoms with Crippen LogP contribution in [0.3, 0.4) is 0 Å². The van der Waals surface area contributed by atoms with Crippen molar-refractivity contribution in [3.8, 4) is 0 Å². The second kappa shape index (κ2) is 9.02. The third kappa shape index (κ3) is 10.9. The van der Waals surface area contributed by atoms with Gasteiger partial charge in [0.05, 0.1) is 5.75 Å². The number of nitrogens with one attached hydrogen (secondary N) is 1. The predicted octanol–water partition coefficient (Wildman–Crippen LogP) is -0.470. The Labute approximate surface area is 106 Å². The molecule has 0 aromatic carbocycles. The van der Waals surface area contributed by atoms with Crippen LogP contribution in [0.2, 0.25) is 0 Å². The molecule has 0 rings (SSSR count). The summed E-state index contributed by atoms with van der Waals surface area (Å²) in [6.45, 7) is 2.89. The Morgan fingerprint density at radius 1 is 1.41 bits per heavy atom. The molecule has 0 radical (unpaired) electrons. The highest BCUT2D eigenvalue weighted by Gasteiger charge is 2.13.